The van der Waals surface area contributed by atoms with E-state index >= 15 is 0 Å². The lowest BCUT2D eigenvalue weighted by Crippen LogP contribution is -2.39. The summed E-state index contributed by atoms with van der Waals surface area (Å²) in [7, 11) is 0. The van der Waals surface area contributed by atoms with Gasteiger partial charge in [-0.1, -0.05) is 30.3 Å². The lowest BCUT2D eigenvalue weighted by Gasteiger charge is -2.24. The number of carbonyl (C=O) groups excluding carboxylic acids is 2. The van der Waals surface area contributed by atoms with E-state index in [1.807, 2.05) is 30.3 Å². The van der Waals surface area contributed by atoms with Crippen LogP contribution in [0.4, 0.5) is 0 Å². The van der Waals surface area contributed by atoms with Gasteiger partial charge in [-0.3, -0.25) is 14.4 Å². The standard InChI is InChI=1S/C19H24N2O4/c1-12(19(24)25)17(14-5-3-2-4-6-14)20-18(23)15-9-16(22)21(11-15)10-13-7-8-13/h2-6,12-13,15,17H,7-11H2,1H3,(H,20,23)(H,24,25)/t12-,15+,17+/m0/s1. The topological polar surface area (TPSA) is 86.7 Å². The predicted molar refractivity (Wildman–Crippen MR) is 91.5 cm³/mol. The number of nitrogens with one attached hydrogen (secondary N) is 1. The number of benzene rings is 1. The Bertz CT molecular complexity index is 657. The predicted octanol–water partition coefficient (Wildman–Crippen LogP) is 1.82. The molecule has 1 saturated carbocycles. The summed E-state index contributed by atoms with van der Waals surface area (Å²) in [5, 5.41) is 12.2. The fraction of sp³-hybridized carbons (Fsp3) is 0.526. The smallest absolute Gasteiger partial charge is 0.308 e. The average Bonchev–Trinajstić information content (AvgIpc) is 3.34. The molecule has 6 heteroatoms. The second-order valence-electron chi connectivity index (χ2n) is 7.17. The van der Waals surface area contributed by atoms with Crippen LogP contribution < -0.4 is 5.32 Å². The van der Waals surface area contributed by atoms with Gasteiger partial charge in [0.25, 0.3) is 0 Å². The molecule has 2 aliphatic rings. The molecule has 0 bridgehead atoms. The van der Waals surface area contributed by atoms with Crippen LogP contribution in [0.3, 0.4) is 0 Å². The van der Waals surface area contributed by atoms with E-state index in [-0.39, 0.29) is 18.2 Å². The van der Waals surface area contributed by atoms with Gasteiger partial charge in [-0.15, -0.1) is 0 Å². The summed E-state index contributed by atoms with van der Waals surface area (Å²) in [6.07, 6.45) is 2.53. The molecule has 1 aromatic carbocycles. The van der Waals surface area contributed by atoms with Gasteiger partial charge < -0.3 is 15.3 Å². The third kappa shape index (κ3) is 4.18. The second-order valence-corrected chi connectivity index (χ2v) is 7.17. The molecule has 1 saturated heterocycles. The Labute approximate surface area is 147 Å². The summed E-state index contributed by atoms with van der Waals surface area (Å²) in [4.78, 5) is 38.0. The summed E-state index contributed by atoms with van der Waals surface area (Å²) in [5.74, 6) is -1.76. The molecule has 2 N–H and O–H groups in total. The number of likely N-dealkylation sites (tertiary alicyclic amines) is 1. The highest BCUT2D eigenvalue weighted by atomic mass is 16.4. The molecule has 0 radical (unpaired) electrons. The van der Waals surface area contributed by atoms with Gasteiger partial charge in [0.05, 0.1) is 17.9 Å². The number of hydrogen-bond acceptors (Lipinski definition) is 3. The first kappa shape index (κ1) is 17.5. The van der Waals surface area contributed by atoms with Gasteiger partial charge in [-0.05, 0) is 31.2 Å². The lowest BCUT2D eigenvalue weighted by atomic mass is 9.93. The largest absolute Gasteiger partial charge is 0.481 e. The van der Waals surface area contributed by atoms with E-state index in [2.05, 4.69) is 5.32 Å². The highest BCUT2D eigenvalue weighted by Crippen LogP contribution is 2.32. The molecule has 2 fully saturated rings. The molecular weight excluding hydrogens is 320 g/mol. The van der Waals surface area contributed by atoms with Crippen LogP contribution in [-0.2, 0) is 14.4 Å². The van der Waals surface area contributed by atoms with Gasteiger partial charge in [0.2, 0.25) is 11.8 Å². The van der Waals surface area contributed by atoms with Crippen molar-refractivity contribution in [2.45, 2.75) is 32.2 Å². The molecular formula is C19H24N2O4. The van der Waals surface area contributed by atoms with E-state index in [9.17, 15) is 19.5 Å². The molecule has 25 heavy (non-hydrogen) atoms. The summed E-state index contributed by atoms with van der Waals surface area (Å²) >= 11 is 0. The normalized spacial score (nSPS) is 22.5. The van der Waals surface area contributed by atoms with Crippen molar-refractivity contribution in [2.75, 3.05) is 13.1 Å². The Balaban J connectivity index is 1.67. The number of carboxylic acids is 1. The van der Waals surface area contributed by atoms with Crippen LogP contribution in [0.5, 0.6) is 0 Å². The quantitative estimate of drug-likeness (QED) is 0.790. The minimum atomic E-state index is -0.966. The van der Waals surface area contributed by atoms with Crippen LogP contribution >= 0.6 is 0 Å². The van der Waals surface area contributed by atoms with Crippen LogP contribution in [0.25, 0.3) is 0 Å². The van der Waals surface area contributed by atoms with Crippen LogP contribution in [0, 0.1) is 17.8 Å². The van der Waals surface area contributed by atoms with Gasteiger partial charge in [0.1, 0.15) is 0 Å². The van der Waals surface area contributed by atoms with Crippen molar-refractivity contribution in [1.82, 2.24) is 10.2 Å². The Morgan fingerprint density at radius 1 is 1.28 bits per heavy atom. The van der Waals surface area contributed by atoms with Crippen molar-refractivity contribution in [3.05, 3.63) is 35.9 Å². The highest BCUT2D eigenvalue weighted by Gasteiger charge is 2.38. The molecule has 2 amide bonds. The van der Waals surface area contributed by atoms with Gasteiger partial charge in [0, 0.05) is 19.5 Å². The van der Waals surface area contributed by atoms with E-state index < -0.39 is 23.8 Å². The van der Waals surface area contributed by atoms with Crippen molar-refractivity contribution in [2.24, 2.45) is 17.8 Å². The molecule has 3 atom stereocenters. The maximum absolute atomic E-state index is 12.7. The molecule has 134 valence electrons. The van der Waals surface area contributed by atoms with E-state index in [0.717, 1.165) is 24.9 Å². The number of carboxylic acid groups (broad SMARTS) is 1. The highest BCUT2D eigenvalue weighted by molar-refractivity contribution is 5.89. The summed E-state index contributed by atoms with van der Waals surface area (Å²) in [5.41, 5.74) is 0.755. The molecule has 0 aromatic heterocycles. The molecule has 3 rings (SSSR count). The SMILES string of the molecule is C[C@H](C(=O)O)[C@@H](NC(=O)[C@@H]1CC(=O)N(CC2CC2)C1)c1ccccc1. The Morgan fingerprint density at radius 2 is 1.96 bits per heavy atom. The summed E-state index contributed by atoms with van der Waals surface area (Å²) in [6.45, 7) is 2.76. The van der Waals surface area contributed by atoms with Crippen molar-refractivity contribution in [1.29, 1.82) is 0 Å². The van der Waals surface area contributed by atoms with Crippen LogP contribution in [-0.4, -0.2) is 40.9 Å². The summed E-state index contributed by atoms with van der Waals surface area (Å²) in [6, 6.07) is 8.49. The molecule has 1 heterocycles. The first-order chi connectivity index (χ1) is 12.0. The molecule has 1 aliphatic carbocycles. The number of carbonyl (C=O) groups is 3. The molecule has 1 aliphatic heterocycles. The van der Waals surface area contributed by atoms with Crippen molar-refractivity contribution >= 4 is 17.8 Å². The van der Waals surface area contributed by atoms with E-state index in [1.165, 1.54) is 0 Å². The number of hydrogen-bond donors (Lipinski definition) is 2. The van der Waals surface area contributed by atoms with E-state index in [1.54, 1.807) is 11.8 Å². The first-order valence-electron chi connectivity index (χ1n) is 8.81. The van der Waals surface area contributed by atoms with Crippen LogP contribution in [0.15, 0.2) is 30.3 Å². The number of rotatable bonds is 7. The monoisotopic (exact) mass is 344 g/mol. The van der Waals surface area contributed by atoms with Crippen molar-refractivity contribution in [3.63, 3.8) is 0 Å². The molecule has 0 unspecified atom stereocenters. The van der Waals surface area contributed by atoms with Gasteiger partial charge in [0.15, 0.2) is 0 Å². The zero-order chi connectivity index (χ0) is 18.0. The maximum Gasteiger partial charge on any atom is 0.308 e. The number of amides is 2. The third-order valence-corrected chi connectivity index (χ3v) is 5.11. The zero-order valence-corrected chi connectivity index (χ0v) is 14.4. The molecule has 0 spiro atoms. The summed E-state index contributed by atoms with van der Waals surface area (Å²) < 4.78 is 0. The Kier molecular flexibility index (Phi) is 5.06. The minimum Gasteiger partial charge on any atom is -0.481 e. The molecule has 6 nitrogen and oxygen atoms in total. The lowest BCUT2D eigenvalue weighted by molar-refractivity contribution is -0.142. The van der Waals surface area contributed by atoms with Gasteiger partial charge in [-0.25, -0.2) is 0 Å². The number of aliphatic carboxylic acids is 1. The Hall–Kier alpha value is -2.37. The van der Waals surface area contributed by atoms with Crippen LogP contribution in [0.2, 0.25) is 0 Å². The number of nitrogens with zero attached hydrogens (tertiary/aromatic N) is 1. The second kappa shape index (κ2) is 7.25. The Morgan fingerprint density at radius 3 is 2.56 bits per heavy atom. The molecule has 1 aromatic rings. The van der Waals surface area contributed by atoms with Crippen molar-refractivity contribution < 1.29 is 19.5 Å². The minimum absolute atomic E-state index is 0.0228. The van der Waals surface area contributed by atoms with E-state index in [0.29, 0.717) is 12.5 Å². The van der Waals surface area contributed by atoms with Crippen LogP contribution in [0.1, 0.15) is 37.8 Å². The zero-order valence-electron chi connectivity index (χ0n) is 14.4. The fourth-order valence-electron chi connectivity index (χ4n) is 3.31. The first-order valence-corrected chi connectivity index (χ1v) is 8.81. The van der Waals surface area contributed by atoms with E-state index in [4.69, 9.17) is 0 Å². The van der Waals surface area contributed by atoms with Crippen molar-refractivity contribution in [3.8, 4) is 0 Å². The van der Waals surface area contributed by atoms with Gasteiger partial charge >= 0.3 is 5.97 Å². The van der Waals surface area contributed by atoms with Gasteiger partial charge in [-0.2, -0.15) is 0 Å². The maximum atomic E-state index is 12.7. The third-order valence-electron chi connectivity index (χ3n) is 5.11. The fourth-order valence-corrected chi connectivity index (χ4v) is 3.31. The average molecular weight is 344 g/mol.